The van der Waals surface area contributed by atoms with Gasteiger partial charge in [0.15, 0.2) is 0 Å². The van der Waals surface area contributed by atoms with Gasteiger partial charge in [0, 0.05) is 35.1 Å². The number of nitrogens with zero attached hydrogens (tertiary/aromatic N) is 4. The van der Waals surface area contributed by atoms with Crippen LogP contribution in [0.1, 0.15) is 49.9 Å². The van der Waals surface area contributed by atoms with Gasteiger partial charge < -0.3 is 15.6 Å². The van der Waals surface area contributed by atoms with Gasteiger partial charge in [-0.25, -0.2) is 9.78 Å². The quantitative estimate of drug-likeness (QED) is 0.854. The lowest BCUT2D eigenvalue weighted by Crippen LogP contribution is -2.52. The number of carbonyl (C=O) groups is 1. The molecule has 27 heavy (non-hydrogen) atoms. The van der Waals surface area contributed by atoms with Crippen molar-refractivity contribution in [1.29, 1.82) is 5.26 Å². The Morgan fingerprint density at radius 3 is 2.93 bits per heavy atom. The van der Waals surface area contributed by atoms with Crippen LogP contribution in [0.4, 0.5) is 4.79 Å². The first-order chi connectivity index (χ1) is 12.9. The number of rotatable bonds is 3. The number of amides is 1. The van der Waals surface area contributed by atoms with E-state index in [0.29, 0.717) is 12.4 Å². The van der Waals surface area contributed by atoms with E-state index < -0.39 is 12.3 Å². The minimum Gasteiger partial charge on any atom is -0.471 e. The van der Waals surface area contributed by atoms with Crippen LogP contribution in [0.3, 0.4) is 0 Å². The summed E-state index contributed by atoms with van der Waals surface area (Å²) in [5, 5.41) is 20.1. The summed E-state index contributed by atoms with van der Waals surface area (Å²) >= 11 is 0. The second kappa shape index (κ2) is 6.35. The monoisotopic (exact) mass is 367 g/mol. The van der Waals surface area contributed by atoms with Crippen LogP contribution in [0, 0.1) is 11.3 Å². The Bertz CT molecular complexity index is 950. The smallest absolute Gasteiger partial charge is 0.408 e. The number of nitrogens with two attached hydrogens (primary N) is 1. The molecule has 0 bridgehead atoms. The normalized spacial score (nSPS) is 23.7. The number of piperidine rings is 1. The molecule has 2 atom stereocenters. The third-order valence-electron chi connectivity index (χ3n) is 5.42. The second-order valence-corrected chi connectivity index (χ2v) is 7.52. The van der Waals surface area contributed by atoms with Crippen molar-refractivity contribution in [2.75, 3.05) is 6.54 Å². The maximum Gasteiger partial charge on any atom is 0.408 e. The van der Waals surface area contributed by atoms with Gasteiger partial charge >= 0.3 is 6.09 Å². The lowest BCUT2D eigenvalue weighted by Gasteiger charge is -2.37. The first-order valence-corrected chi connectivity index (χ1v) is 9.05. The lowest BCUT2D eigenvalue weighted by molar-refractivity contribution is 0.0981. The van der Waals surface area contributed by atoms with Crippen LogP contribution in [-0.2, 0) is 0 Å². The molecular weight excluding hydrogens is 346 g/mol. The summed E-state index contributed by atoms with van der Waals surface area (Å²) in [6.07, 6.45) is 3.43. The van der Waals surface area contributed by atoms with Crippen molar-refractivity contribution in [3.05, 3.63) is 29.7 Å². The Kier molecular flexibility index (Phi) is 4.12. The lowest BCUT2D eigenvalue weighted by atomic mass is 9.90. The topological polar surface area (TPSA) is 125 Å². The van der Waals surface area contributed by atoms with Crippen LogP contribution in [0.5, 0.6) is 5.88 Å². The van der Waals surface area contributed by atoms with Gasteiger partial charge in [-0.1, -0.05) is 0 Å². The molecule has 1 saturated heterocycles. The SMILES string of the molecule is CC1(Oc2nc(C#N)cc3cnc(C4CCCN(C(=O)O)C4N)cc23)CC1. The highest BCUT2D eigenvalue weighted by Gasteiger charge is 2.41. The maximum atomic E-state index is 11.4. The minimum atomic E-state index is -1.01. The van der Waals surface area contributed by atoms with Crippen LogP contribution in [0.2, 0.25) is 0 Å². The van der Waals surface area contributed by atoms with Crippen molar-refractivity contribution in [1.82, 2.24) is 14.9 Å². The molecule has 2 unspecified atom stereocenters. The van der Waals surface area contributed by atoms with E-state index in [-0.39, 0.29) is 17.2 Å². The third-order valence-corrected chi connectivity index (χ3v) is 5.42. The molecule has 2 fully saturated rings. The van der Waals surface area contributed by atoms with Crippen molar-refractivity contribution in [3.8, 4) is 11.9 Å². The molecule has 1 amide bonds. The van der Waals surface area contributed by atoms with E-state index in [1.807, 2.05) is 13.0 Å². The first-order valence-electron chi connectivity index (χ1n) is 9.05. The molecule has 140 valence electrons. The van der Waals surface area contributed by atoms with Gasteiger partial charge in [0.2, 0.25) is 5.88 Å². The molecule has 0 spiro atoms. The number of aromatic nitrogens is 2. The van der Waals surface area contributed by atoms with Gasteiger partial charge in [0.1, 0.15) is 17.4 Å². The highest BCUT2D eigenvalue weighted by atomic mass is 16.5. The van der Waals surface area contributed by atoms with Crippen molar-refractivity contribution in [2.45, 2.75) is 50.3 Å². The minimum absolute atomic E-state index is 0.195. The number of pyridine rings is 2. The summed E-state index contributed by atoms with van der Waals surface area (Å²) in [5.41, 5.74) is 6.97. The molecule has 1 aliphatic heterocycles. The number of hydrogen-bond acceptors (Lipinski definition) is 6. The molecule has 0 aromatic carbocycles. The molecule has 3 heterocycles. The second-order valence-electron chi connectivity index (χ2n) is 7.52. The zero-order valence-electron chi connectivity index (χ0n) is 15.1. The van der Waals surface area contributed by atoms with Crippen molar-refractivity contribution >= 4 is 16.9 Å². The van der Waals surface area contributed by atoms with E-state index in [1.54, 1.807) is 12.3 Å². The van der Waals surface area contributed by atoms with Crippen LogP contribution in [-0.4, -0.2) is 44.4 Å². The molecule has 0 radical (unpaired) electrons. The van der Waals surface area contributed by atoms with Crippen molar-refractivity contribution in [2.24, 2.45) is 5.73 Å². The largest absolute Gasteiger partial charge is 0.471 e. The molecule has 1 aliphatic carbocycles. The summed E-state index contributed by atoms with van der Waals surface area (Å²) in [7, 11) is 0. The fourth-order valence-electron chi connectivity index (χ4n) is 3.55. The average Bonchev–Trinajstić information content (AvgIpc) is 3.38. The standard InChI is InChI=1S/C19H21N5O3/c1-19(4-5-19)27-17-14-8-15(22-10-11(14)7-12(9-20)23-17)13-3-2-6-24(16(13)21)18(25)26/h7-8,10,13,16H,2-6,21H2,1H3,(H,25,26). The molecule has 4 rings (SSSR count). The summed E-state index contributed by atoms with van der Waals surface area (Å²) in [5.74, 6) is 0.228. The zero-order chi connectivity index (χ0) is 19.2. The zero-order valence-corrected chi connectivity index (χ0v) is 15.1. The fourth-order valence-corrected chi connectivity index (χ4v) is 3.55. The highest BCUT2D eigenvalue weighted by Crippen LogP contribution is 2.41. The first kappa shape index (κ1) is 17.5. The van der Waals surface area contributed by atoms with Gasteiger partial charge in [-0.2, -0.15) is 5.26 Å². The van der Waals surface area contributed by atoms with Gasteiger partial charge in [0.05, 0.1) is 6.17 Å². The number of ether oxygens (including phenoxy) is 1. The number of carboxylic acid groups (broad SMARTS) is 1. The predicted octanol–water partition coefficient (Wildman–Crippen LogP) is 2.57. The van der Waals surface area contributed by atoms with Crippen LogP contribution in [0.15, 0.2) is 18.3 Å². The average molecular weight is 367 g/mol. The molecule has 2 aliphatic rings. The molecule has 8 nitrogen and oxygen atoms in total. The number of likely N-dealkylation sites (tertiary alicyclic amines) is 1. The van der Waals surface area contributed by atoms with Gasteiger partial charge in [-0.05, 0) is 44.7 Å². The number of nitriles is 1. The summed E-state index contributed by atoms with van der Waals surface area (Å²) < 4.78 is 6.07. The molecule has 2 aromatic rings. The van der Waals surface area contributed by atoms with Crippen molar-refractivity contribution in [3.63, 3.8) is 0 Å². The van der Waals surface area contributed by atoms with Crippen LogP contribution >= 0.6 is 0 Å². The van der Waals surface area contributed by atoms with E-state index in [1.165, 1.54) is 4.90 Å². The van der Waals surface area contributed by atoms with Crippen LogP contribution in [0.25, 0.3) is 10.8 Å². The Morgan fingerprint density at radius 1 is 1.48 bits per heavy atom. The van der Waals surface area contributed by atoms with Crippen LogP contribution < -0.4 is 10.5 Å². The summed E-state index contributed by atoms with van der Waals surface area (Å²) in [6.45, 7) is 2.45. The highest BCUT2D eigenvalue weighted by molar-refractivity contribution is 5.87. The number of fused-ring (bicyclic) bond motifs is 1. The third kappa shape index (κ3) is 3.26. The fraction of sp³-hybridized carbons (Fsp3) is 0.474. The van der Waals surface area contributed by atoms with Crippen molar-refractivity contribution < 1.29 is 14.6 Å². The van der Waals surface area contributed by atoms with E-state index in [0.717, 1.165) is 42.1 Å². The Labute approximate surface area is 156 Å². The molecule has 8 heteroatoms. The summed E-state index contributed by atoms with van der Waals surface area (Å²) in [6, 6.07) is 5.61. The number of hydrogen-bond donors (Lipinski definition) is 2. The van der Waals surface area contributed by atoms with Gasteiger partial charge in [-0.15, -0.1) is 0 Å². The predicted molar refractivity (Wildman–Crippen MR) is 97.2 cm³/mol. The molecule has 3 N–H and O–H groups in total. The molecule has 2 aromatic heterocycles. The Balaban J connectivity index is 1.76. The Hall–Kier alpha value is -2.92. The molecular formula is C19H21N5O3. The summed E-state index contributed by atoms with van der Waals surface area (Å²) in [4.78, 5) is 21.5. The van der Waals surface area contributed by atoms with Gasteiger partial charge in [0.25, 0.3) is 0 Å². The van der Waals surface area contributed by atoms with Gasteiger partial charge in [-0.3, -0.25) is 9.88 Å². The van der Waals surface area contributed by atoms with E-state index in [2.05, 4.69) is 16.0 Å². The van der Waals surface area contributed by atoms with E-state index in [9.17, 15) is 15.2 Å². The van der Waals surface area contributed by atoms with E-state index in [4.69, 9.17) is 10.5 Å². The molecule has 1 saturated carbocycles. The van der Waals surface area contributed by atoms with E-state index >= 15 is 0 Å². The Morgan fingerprint density at radius 2 is 2.26 bits per heavy atom. The maximum absolute atomic E-state index is 11.4.